The number of hydrogen-bond acceptors (Lipinski definition) is 6. The maximum atomic E-state index is 12.4. The van der Waals surface area contributed by atoms with Crippen LogP contribution in [0.3, 0.4) is 0 Å². The van der Waals surface area contributed by atoms with E-state index in [9.17, 15) is 4.79 Å². The molecule has 1 aromatic carbocycles. The van der Waals surface area contributed by atoms with Crippen LogP contribution in [0.2, 0.25) is 0 Å². The van der Waals surface area contributed by atoms with Crippen molar-refractivity contribution in [3.8, 4) is 0 Å². The molecule has 1 saturated carbocycles. The molecule has 0 spiro atoms. The number of fused-ring (bicyclic) bond motifs is 1. The van der Waals surface area contributed by atoms with E-state index >= 15 is 0 Å². The molecule has 134 valence electrons. The Morgan fingerprint density at radius 3 is 2.88 bits per heavy atom. The van der Waals surface area contributed by atoms with Crippen molar-refractivity contribution in [1.82, 2.24) is 19.5 Å². The summed E-state index contributed by atoms with van der Waals surface area (Å²) in [6.45, 7) is 3.00. The molecule has 26 heavy (non-hydrogen) atoms. The van der Waals surface area contributed by atoms with Gasteiger partial charge in [-0.1, -0.05) is 41.7 Å². The zero-order valence-corrected chi connectivity index (χ0v) is 15.2. The average molecular weight is 368 g/mol. The Balaban J connectivity index is 1.36. The zero-order chi connectivity index (χ0) is 17.5. The van der Waals surface area contributed by atoms with Gasteiger partial charge in [0.1, 0.15) is 5.01 Å². The smallest absolute Gasteiger partial charge is 0.275 e. The molecule has 7 heteroatoms. The molecule has 1 atom stereocenters. The molecular formula is C19H20N4O2S. The van der Waals surface area contributed by atoms with E-state index in [1.54, 1.807) is 17.4 Å². The first kappa shape index (κ1) is 16.1. The molecule has 0 bridgehead atoms. The Bertz CT molecular complexity index is 980. The molecule has 2 aromatic heterocycles. The van der Waals surface area contributed by atoms with Crippen LogP contribution in [0.25, 0.3) is 4.96 Å². The van der Waals surface area contributed by atoms with Gasteiger partial charge in [0.05, 0.1) is 18.4 Å². The second-order valence-electron chi connectivity index (χ2n) is 7.00. The van der Waals surface area contributed by atoms with Crippen LogP contribution < -0.4 is 5.56 Å². The average Bonchev–Trinajstić information content (AvgIpc) is 3.42. The van der Waals surface area contributed by atoms with Gasteiger partial charge in [-0.25, -0.2) is 4.98 Å². The summed E-state index contributed by atoms with van der Waals surface area (Å²) < 4.78 is 7.38. The van der Waals surface area contributed by atoms with Gasteiger partial charge in [0.25, 0.3) is 5.56 Å². The summed E-state index contributed by atoms with van der Waals surface area (Å²) in [5.74, 6) is 0.537. The molecule has 0 amide bonds. The highest BCUT2D eigenvalue weighted by Crippen LogP contribution is 2.41. The first-order chi connectivity index (χ1) is 12.8. The van der Waals surface area contributed by atoms with Crippen LogP contribution >= 0.6 is 11.3 Å². The van der Waals surface area contributed by atoms with E-state index in [-0.39, 0.29) is 11.7 Å². The van der Waals surface area contributed by atoms with Crippen molar-refractivity contribution in [3.63, 3.8) is 0 Å². The number of ether oxygens (including phenoxy) is 1. The van der Waals surface area contributed by atoms with Gasteiger partial charge in [0, 0.05) is 31.6 Å². The molecule has 3 heterocycles. The highest BCUT2D eigenvalue weighted by atomic mass is 32.1. The van der Waals surface area contributed by atoms with Crippen molar-refractivity contribution in [2.24, 2.45) is 0 Å². The number of morpholine rings is 1. The molecule has 3 aromatic rings. The lowest BCUT2D eigenvalue weighted by molar-refractivity contribution is -0.0332. The second kappa shape index (κ2) is 6.57. The molecule has 6 nitrogen and oxygen atoms in total. The van der Waals surface area contributed by atoms with Crippen molar-refractivity contribution in [1.29, 1.82) is 0 Å². The first-order valence-electron chi connectivity index (χ1n) is 9.05. The third kappa shape index (κ3) is 3.18. The lowest BCUT2D eigenvalue weighted by Crippen LogP contribution is -2.38. The predicted octanol–water partition coefficient (Wildman–Crippen LogP) is 2.60. The minimum Gasteiger partial charge on any atom is -0.371 e. The molecule has 1 aliphatic heterocycles. The van der Waals surface area contributed by atoms with Crippen LogP contribution in [-0.2, 0) is 11.3 Å². The molecule has 2 fully saturated rings. The van der Waals surface area contributed by atoms with Gasteiger partial charge >= 0.3 is 0 Å². The van der Waals surface area contributed by atoms with Gasteiger partial charge in [-0.15, -0.1) is 0 Å². The van der Waals surface area contributed by atoms with Crippen LogP contribution in [0.15, 0.2) is 41.2 Å². The third-order valence-corrected chi connectivity index (χ3v) is 6.02. The number of benzene rings is 1. The highest BCUT2D eigenvalue weighted by Gasteiger charge is 2.28. The summed E-state index contributed by atoms with van der Waals surface area (Å²) in [4.78, 5) is 20.1. The monoisotopic (exact) mass is 368 g/mol. The lowest BCUT2D eigenvalue weighted by Gasteiger charge is -2.32. The van der Waals surface area contributed by atoms with Crippen LogP contribution in [-0.4, -0.2) is 39.2 Å². The first-order valence-corrected chi connectivity index (χ1v) is 9.86. The SMILES string of the molecule is O=c1cc(CN2CCOC(c3ccccc3)C2)nc2sc(C3CC3)nn12. The molecule has 1 aliphatic carbocycles. The highest BCUT2D eigenvalue weighted by molar-refractivity contribution is 7.16. The summed E-state index contributed by atoms with van der Waals surface area (Å²) >= 11 is 1.55. The summed E-state index contributed by atoms with van der Waals surface area (Å²) in [5.41, 5.74) is 1.92. The second-order valence-corrected chi connectivity index (χ2v) is 7.99. The zero-order valence-electron chi connectivity index (χ0n) is 14.4. The van der Waals surface area contributed by atoms with Crippen LogP contribution in [0.1, 0.15) is 41.1 Å². The Morgan fingerprint density at radius 1 is 1.23 bits per heavy atom. The van der Waals surface area contributed by atoms with E-state index in [0.717, 1.165) is 23.8 Å². The number of rotatable bonds is 4. The summed E-state index contributed by atoms with van der Waals surface area (Å²) in [6, 6.07) is 11.9. The topological polar surface area (TPSA) is 59.7 Å². The maximum Gasteiger partial charge on any atom is 0.275 e. The molecule has 0 radical (unpaired) electrons. The Hall–Kier alpha value is -2.09. The van der Waals surface area contributed by atoms with Crippen molar-refractivity contribution in [2.45, 2.75) is 31.4 Å². The third-order valence-electron chi connectivity index (χ3n) is 4.95. The molecule has 2 aliphatic rings. The predicted molar refractivity (Wildman–Crippen MR) is 99.5 cm³/mol. The van der Waals surface area contributed by atoms with Crippen molar-refractivity contribution in [3.05, 3.63) is 63.0 Å². The molecule has 0 N–H and O–H groups in total. The molecule has 1 saturated heterocycles. The molecule has 5 rings (SSSR count). The van der Waals surface area contributed by atoms with E-state index in [1.165, 1.54) is 22.9 Å². The molecular weight excluding hydrogens is 348 g/mol. The van der Waals surface area contributed by atoms with Gasteiger partial charge in [-0.2, -0.15) is 9.61 Å². The standard InChI is InChI=1S/C19H20N4O2S/c24-17-10-15(20-19-23(17)21-18(26-19)14-6-7-14)11-22-8-9-25-16(12-22)13-4-2-1-3-5-13/h1-5,10,14,16H,6-9,11-12H2. The van der Waals surface area contributed by atoms with Gasteiger partial charge in [0.15, 0.2) is 0 Å². The Labute approximate surface area is 155 Å². The molecule has 1 unspecified atom stereocenters. The Morgan fingerprint density at radius 2 is 2.08 bits per heavy atom. The van der Waals surface area contributed by atoms with Crippen molar-refractivity contribution >= 4 is 16.3 Å². The van der Waals surface area contributed by atoms with Crippen LogP contribution in [0, 0.1) is 0 Å². The van der Waals surface area contributed by atoms with E-state index in [0.29, 0.717) is 24.0 Å². The Kier molecular flexibility index (Phi) is 4.07. The summed E-state index contributed by atoms with van der Waals surface area (Å²) in [6.07, 6.45) is 2.42. The van der Waals surface area contributed by atoms with Crippen molar-refractivity contribution < 1.29 is 4.74 Å². The minimum atomic E-state index is -0.0824. The normalized spacial score (nSPS) is 21.3. The van der Waals surface area contributed by atoms with E-state index in [1.807, 2.05) is 18.2 Å². The number of nitrogens with zero attached hydrogens (tertiary/aromatic N) is 4. The van der Waals surface area contributed by atoms with Crippen LogP contribution in [0.4, 0.5) is 0 Å². The van der Waals surface area contributed by atoms with Crippen LogP contribution in [0.5, 0.6) is 0 Å². The fraction of sp³-hybridized carbons (Fsp3) is 0.421. The van der Waals surface area contributed by atoms with Crippen molar-refractivity contribution in [2.75, 3.05) is 19.7 Å². The quantitative estimate of drug-likeness (QED) is 0.708. The fourth-order valence-electron chi connectivity index (χ4n) is 3.39. The van der Waals surface area contributed by atoms with E-state index in [4.69, 9.17) is 9.72 Å². The number of aromatic nitrogens is 3. The van der Waals surface area contributed by atoms with Gasteiger partial charge in [0.2, 0.25) is 4.96 Å². The maximum absolute atomic E-state index is 12.4. The summed E-state index contributed by atoms with van der Waals surface area (Å²) in [5, 5.41) is 5.48. The fourth-order valence-corrected chi connectivity index (χ4v) is 4.48. The van der Waals surface area contributed by atoms with Gasteiger partial charge < -0.3 is 4.74 Å². The lowest BCUT2D eigenvalue weighted by atomic mass is 10.1. The largest absolute Gasteiger partial charge is 0.371 e. The number of hydrogen-bond donors (Lipinski definition) is 0. The minimum absolute atomic E-state index is 0.0691. The van der Waals surface area contributed by atoms with Gasteiger partial charge in [-0.05, 0) is 18.4 Å². The van der Waals surface area contributed by atoms with E-state index in [2.05, 4.69) is 22.1 Å². The van der Waals surface area contributed by atoms with Gasteiger partial charge in [-0.3, -0.25) is 9.69 Å². The summed E-state index contributed by atoms with van der Waals surface area (Å²) in [7, 11) is 0. The van der Waals surface area contributed by atoms with E-state index < -0.39 is 0 Å².